The molecule has 0 radical (unpaired) electrons. The number of carbonyl (C=O) groups is 1. The lowest BCUT2D eigenvalue weighted by molar-refractivity contribution is -0.134. The van der Waals surface area contributed by atoms with Crippen LogP contribution >= 0.6 is 0 Å². The summed E-state index contributed by atoms with van der Waals surface area (Å²) in [6.07, 6.45) is 0. The second-order valence-electron chi connectivity index (χ2n) is 4.06. The van der Waals surface area contributed by atoms with Gasteiger partial charge in [-0.1, -0.05) is 6.07 Å². The Labute approximate surface area is 101 Å². The predicted molar refractivity (Wildman–Crippen MR) is 65.7 cm³/mol. The molecule has 0 amide bonds. The highest BCUT2D eigenvalue weighted by Gasteiger charge is 2.09. The minimum Gasteiger partial charge on any atom is -0.480 e. The van der Waals surface area contributed by atoms with E-state index in [4.69, 9.17) is 5.11 Å². The molecular weight excluding hydrogens is 234 g/mol. The van der Waals surface area contributed by atoms with Crippen LogP contribution in [0.4, 0.5) is 5.95 Å². The first kappa shape index (κ1) is 10.6. The third kappa shape index (κ3) is 1.65. The summed E-state index contributed by atoms with van der Waals surface area (Å²) < 4.78 is 1.72. The summed E-state index contributed by atoms with van der Waals surface area (Å²) in [5.41, 5.74) is 2.90. The van der Waals surface area contributed by atoms with Gasteiger partial charge in [0, 0.05) is 0 Å². The largest absolute Gasteiger partial charge is 0.480 e. The summed E-state index contributed by atoms with van der Waals surface area (Å²) in [7, 11) is 0. The van der Waals surface area contributed by atoms with Crippen LogP contribution in [0.2, 0.25) is 0 Å². The maximum atomic E-state index is 10.4. The number of aromatic nitrogens is 4. The van der Waals surface area contributed by atoms with Crippen LogP contribution in [-0.4, -0.2) is 37.2 Å². The average molecular weight is 245 g/mol. The lowest BCUT2D eigenvalue weighted by atomic mass is 10.2. The van der Waals surface area contributed by atoms with Crippen molar-refractivity contribution in [3.05, 3.63) is 23.8 Å². The summed E-state index contributed by atoms with van der Waals surface area (Å²) in [4.78, 5) is 19.0. The van der Waals surface area contributed by atoms with E-state index in [2.05, 4.69) is 20.4 Å². The van der Waals surface area contributed by atoms with Gasteiger partial charge in [0.1, 0.15) is 6.54 Å². The molecule has 7 heteroatoms. The first-order valence-corrected chi connectivity index (χ1v) is 5.44. The minimum absolute atomic E-state index is 0.187. The van der Waals surface area contributed by atoms with Gasteiger partial charge in [-0.05, 0) is 24.6 Å². The van der Waals surface area contributed by atoms with Crippen molar-refractivity contribution in [1.29, 1.82) is 0 Å². The second-order valence-corrected chi connectivity index (χ2v) is 4.06. The Hall–Kier alpha value is -2.57. The van der Waals surface area contributed by atoms with Crippen molar-refractivity contribution < 1.29 is 9.90 Å². The summed E-state index contributed by atoms with van der Waals surface area (Å²) in [6, 6.07) is 5.91. The van der Waals surface area contributed by atoms with Crippen LogP contribution in [0.3, 0.4) is 0 Å². The third-order valence-corrected chi connectivity index (χ3v) is 2.63. The van der Waals surface area contributed by atoms with Gasteiger partial charge in [-0.2, -0.15) is 4.98 Å². The van der Waals surface area contributed by atoms with Gasteiger partial charge in [0.15, 0.2) is 0 Å². The molecule has 0 spiro atoms. The number of rotatable bonds is 3. The fourth-order valence-electron chi connectivity index (χ4n) is 1.83. The Bertz CT molecular complexity index is 742. The fourth-order valence-corrected chi connectivity index (χ4v) is 1.83. The standard InChI is InChI=1S/C11H11N5O2/c1-6-2-3-8-7(4-6)13-11-14-10(15-16(8)11)12-5-9(17)18/h2-4H,5H2,1H3,(H,17,18)(H2,12,13,14,15). The van der Waals surface area contributed by atoms with E-state index in [0.29, 0.717) is 11.7 Å². The molecule has 3 aromatic rings. The van der Waals surface area contributed by atoms with Crippen LogP contribution in [-0.2, 0) is 4.79 Å². The molecular formula is C11H11N5O2. The SMILES string of the molecule is Cc1ccc2c(c1)nc1nc(NCC(=O)O)[nH]n12. The number of anilines is 1. The van der Waals surface area contributed by atoms with Crippen LogP contribution in [0.5, 0.6) is 0 Å². The van der Waals surface area contributed by atoms with Gasteiger partial charge in [-0.3, -0.25) is 9.89 Å². The predicted octanol–water partition coefficient (Wildman–Crippen LogP) is 1.02. The molecule has 0 aliphatic heterocycles. The lowest BCUT2D eigenvalue weighted by Gasteiger charge is -1.96. The molecule has 3 N–H and O–H groups in total. The minimum atomic E-state index is -0.940. The van der Waals surface area contributed by atoms with Crippen molar-refractivity contribution in [1.82, 2.24) is 19.6 Å². The molecule has 18 heavy (non-hydrogen) atoms. The van der Waals surface area contributed by atoms with Crippen molar-refractivity contribution in [2.45, 2.75) is 6.92 Å². The second kappa shape index (κ2) is 3.73. The van der Waals surface area contributed by atoms with E-state index in [1.165, 1.54) is 0 Å². The number of hydrogen-bond donors (Lipinski definition) is 3. The van der Waals surface area contributed by atoms with E-state index < -0.39 is 5.97 Å². The first-order valence-electron chi connectivity index (χ1n) is 5.44. The number of aliphatic carboxylic acids is 1. The van der Waals surface area contributed by atoms with Gasteiger partial charge >= 0.3 is 5.97 Å². The quantitative estimate of drug-likeness (QED) is 0.640. The van der Waals surface area contributed by atoms with Crippen molar-refractivity contribution in [3.63, 3.8) is 0 Å². The molecule has 0 atom stereocenters. The van der Waals surface area contributed by atoms with Crippen molar-refractivity contribution >= 4 is 28.7 Å². The monoisotopic (exact) mass is 245 g/mol. The van der Waals surface area contributed by atoms with Crippen LogP contribution in [0.1, 0.15) is 5.56 Å². The molecule has 0 aliphatic rings. The number of aromatic amines is 1. The zero-order valence-electron chi connectivity index (χ0n) is 9.64. The molecule has 0 aliphatic carbocycles. The topological polar surface area (TPSA) is 95.3 Å². The fraction of sp³-hybridized carbons (Fsp3) is 0.182. The average Bonchev–Trinajstić information content (AvgIpc) is 2.82. The highest BCUT2D eigenvalue weighted by atomic mass is 16.4. The number of fused-ring (bicyclic) bond motifs is 3. The van der Waals surface area contributed by atoms with Gasteiger partial charge in [-0.15, -0.1) is 0 Å². The molecule has 0 bridgehead atoms. The van der Waals surface area contributed by atoms with Gasteiger partial charge in [0.25, 0.3) is 5.78 Å². The Morgan fingerprint density at radius 1 is 1.50 bits per heavy atom. The Morgan fingerprint density at radius 2 is 2.33 bits per heavy atom. The maximum Gasteiger partial charge on any atom is 0.322 e. The smallest absolute Gasteiger partial charge is 0.322 e. The van der Waals surface area contributed by atoms with E-state index in [9.17, 15) is 4.79 Å². The summed E-state index contributed by atoms with van der Waals surface area (Å²) >= 11 is 0. The highest BCUT2D eigenvalue weighted by molar-refractivity contribution is 5.80. The van der Waals surface area contributed by atoms with Crippen molar-refractivity contribution in [3.8, 4) is 0 Å². The van der Waals surface area contributed by atoms with Crippen molar-refractivity contribution in [2.24, 2.45) is 0 Å². The number of aryl methyl sites for hydroxylation is 1. The molecule has 3 rings (SSSR count). The number of nitrogens with zero attached hydrogens (tertiary/aromatic N) is 3. The maximum absolute atomic E-state index is 10.4. The zero-order chi connectivity index (χ0) is 12.7. The van der Waals surface area contributed by atoms with Gasteiger partial charge < -0.3 is 10.4 Å². The number of H-pyrrole nitrogens is 1. The van der Waals surface area contributed by atoms with E-state index >= 15 is 0 Å². The van der Waals surface area contributed by atoms with E-state index in [1.807, 2.05) is 25.1 Å². The molecule has 7 nitrogen and oxygen atoms in total. The number of hydrogen-bond acceptors (Lipinski definition) is 4. The zero-order valence-corrected chi connectivity index (χ0v) is 9.64. The van der Waals surface area contributed by atoms with E-state index in [-0.39, 0.29) is 6.54 Å². The van der Waals surface area contributed by atoms with Gasteiger partial charge in [0.05, 0.1) is 11.0 Å². The normalized spacial score (nSPS) is 11.2. The lowest BCUT2D eigenvalue weighted by Crippen LogP contribution is -2.13. The first-order chi connectivity index (χ1) is 8.63. The molecule has 0 unspecified atom stereocenters. The van der Waals surface area contributed by atoms with Gasteiger partial charge in [0.2, 0.25) is 5.95 Å². The van der Waals surface area contributed by atoms with Crippen molar-refractivity contribution in [2.75, 3.05) is 11.9 Å². The Morgan fingerprint density at radius 3 is 3.11 bits per heavy atom. The molecule has 2 heterocycles. The summed E-state index contributed by atoms with van der Waals surface area (Å²) in [5.74, 6) is -0.0320. The molecule has 0 saturated carbocycles. The molecule has 0 saturated heterocycles. The van der Waals surface area contributed by atoms with Crippen LogP contribution in [0, 0.1) is 6.92 Å². The molecule has 1 aromatic carbocycles. The molecule has 92 valence electrons. The van der Waals surface area contributed by atoms with Crippen LogP contribution < -0.4 is 5.32 Å². The van der Waals surface area contributed by atoms with Gasteiger partial charge in [-0.25, -0.2) is 9.50 Å². The number of carboxylic acid groups (broad SMARTS) is 1. The Kier molecular flexibility index (Phi) is 2.19. The van der Waals surface area contributed by atoms with Crippen LogP contribution in [0.15, 0.2) is 18.2 Å². The van der Waals surface area contributed by atoms with E-state index in [1.54, 1.807) is 4.52 Å². The Balaban J connectivity index is 2.05. The number of carboxylic acids is 1. The number of imidazole rings is 1. The third-order valence-electron chi connectivity index (χ3n) is 2.63. The number of benzene rings is 1. The van der Waals surface area contributed by atoms with E-state index in [0.717, 1.165) is 16.6 Å². The number of nitrogens with one attached hydrogen (secondary N) is 2. The molecule has 2 aromatic heterocycles. The summed E-state index contributed by atoms with van der Waals surface area (Å²) in [5, 5.41) is 14.2. The highest BCUT2D eigenvalue weighted by Crippen LogP contribution is 2.17. The van der Waals surface area contributed by atoms with Crippen LogP contribution in [0.25, 0.3) is 16.8 Å². The summed E-state index contributed by atoms with van der Waals surface area (Å²) in [6.45, 7) is 1.81. The molecule has 0 fully saturated rings.